The number of benzene rings is 1. The van der Waals surface area contributed by atoms with Crippen molar-refractivity contribution < 1.29 is 14.3 Å². The van der Waals surface area contributed by atoms with Crippen LogP contribution in [0.1, 0.15) is 6.92 Å². The molecule has 6 nitrogen and oxygen atoms in total. The largest absolute Gasteiger partial charge is 0.454 e. The van der Waals surface area contributed by atoms with E-state index in [1.807, 2.05) is 6.92 Å². The molecule has 1 amide bonds. The van der Waals surface area contributed by atoms with Crippen molar-refractivity contribution in [2.75, 3.05) is 12.1 Å². The number of thioether (sulfide) groups is 1. The van der Waals surface area contributed by atoms with Crippen LogP contribution in [0.5, 0.6) is 11.5 Å². The van der Waals surface area contributed by atoms with Crippen LogP contribution in [0.15, 0.2) is 28.0 Å². The summed E-state index contributed by atoms with van der Waals surface area (Å²) in [6.45, 7) is 2.05. The molecule has 2 aromatic rings. The van der Waals surface area contributed by atoms with E-state index in [1.54, 1.807) is 23.7 Å². The predicted octanol–water partition coefficient (Wildman–Crippen LogP) is 2.39. The molecule has 1 aliphatic heterocycles. The number of carbonyl (C=O) groups excluding carboxylic acids is 1. The van der Waals surface area contributed by atoms with E-state index in [0.717, 1.165) is 4.34 Å². The van der Waals surface area contributed by atoms with Gasteiger partial charge >= 0.3 is 0 Å². The summed E-state index contributed by atoms with van der Waals surface area (Å²) in [7, 11) is 0. The monoisotopic (exact) mass is 309 g/mol. The van der Waals surface area contributed by atoms with Crippen molar-refractivity contribution in [1.29, 1.82) is 0 Å². The maximum Gasteiger partial charge on any atom is 0.237 e. The molecule has 0 aliphatic carbocycles. The van der Waals surface area contributed by atoms with Crippen LogP contribution in [0, 0.1) is 0 Å². The van der Waals surface area contributed by atoms with Gasteiger partial charge in [-0.05, 0) is 19.1 Å². The number of aromatic nitrogens is 2. The van der Waals surface area contributed by atoms with Crippen molar-refractivity contribution in [2.24, 2.45) is 0 Å². The van der Waals surface area contributed by atoms with E-state index in [-0.39, 0.29) is 18.0 Å². The molecule has 1 aromatic carbocycles. The molecule has 1 aliphatic rings. The van der Waals surface area contributed by atoms with E-state index < -0.39 is 0 Å². The summed E-state index contributed by atoms with van der Waals surface area (Å²) in [6, 6.07) is 5.32. The lowest BCUT2D eigenvalue weighted by molar-refractivity contribution is -0.115. The summed E-state index contributed by atoms with van der Waals surface area (Å²) in [5, 5.41) is 10.2. The van der Waals surface area contributed by atoms with Crippen molar-refractivity contribution in [1.82, 2.24) is 10.2 Å². The highest BCUT2D eigenvalue weighted by atomic mass is 32.2. The Hall–Kier alpha value is -1.80. The lowest BCUT2D eigenvalue weighted by Gasteiger charge is -2.10. The van der Waals surface area contributed by atoms with E-state index in [1.165, 1.54) is 23.1 Å². The van der Waals surface area contributed by atoms with Crippen LogP contribution >= 0.6 is 23.1 Å². The Labute approximate surface area is 123 Å². The second-order valence-corrected chi connectivity index (χ2v) is 6.44. The second-order valence-electron chi connectivity index (χ2n) is 4.02. The number of fused-ring (bicyclic) bond motifs is 1. The van der Waals surface area contributed by atoms with E-state index in [0.29, 0.717) is 17.2 Å². The van der Waals surface area contributed by atoms with Gasteiger partial charge in [-0.2, -0.15) is 0 Å². The minimum atomic E-state index is -0.256. The van der Waals surface area contributed by atoms with Gasteiger partial charge in [0.2, 0.25) is 12.7 Å². The normalized spacial score (nSPS) is 14.1. The molecule has 0 bridgehead atoms. The van der Waals surface area contributed by atoms with Crippen LogP contribution in [0.3, 0.4) is 0 Å². The van der Waals surface area contributed by atoms with Gasteiger partial charge in [0.05, 0.1) is 5.25 Å². The van der Waals surface area contributed by atoms with E-state index in [9.17, 15) is 4.79 Å². The number of hydrogen-bond donors (Lipinski definition) is 1. The average Bonchev–Trinajstić information content (AvgIpc) is 3.08. The average molecular weight is 309 g/mol. The lowest BCUT2D eigenvalue weighted by Crippen LogP contribution is -2.22. The number of ether oxygens (including phenoxy) is 2. The molecule has 1 atom stereocenters. The Morgan fingerprint density at radius 2 is 2.30 bits per heavy atom. The highest BCUT2D eigenvalue weighted by Gasteiger charge is 2.18. The van der Waals surface area contributed by atoms with E-state index >= 15 is 0 Å². The smallest absolute Gasteiger partial charge is 0.237 e. The molecule has 8 heteroatoms. The molecule has 3 rings (SSSR count). The summed E-state index contributed by atoms with van der Waals surface area (Å²) >= 11 is 2.80. The molecule has 0 unspecified atom stereocenters. The van der Waals surface area contributed by atoms with Gasteiger partial charge in [0.15, 0.2) is 15.8 Å². The molecule has 0 saturated heterocycles. The first-order valence-corrected chi connectivity index (χ1v) is 7.61. The van der Waals surface area contributed by atoms with Gasteiger partial charge in [0.25, 0.3) is 0 Å². The van der Waals surface area contributed by atoms with Crippen molar-refractivity contribution in [3.63, 3.8) is 0 Å². The first-order valence-electron chi connectivity index (χ1n) is 5.86. The minimum Gasteiger partial charge on any atom is -0.454 e. The quantitative estimate of drug-likeness (QED) is 0.874. The third-order valence-corrected chi connectivity index (χ3v) is 4.54. The molecular weight excluding hydrogens is 298 g/mol. The van der Waals surface area contributed by atoms with Crippen molar-refractivity contribution in [3.8, 4) is 11.5 Å². The van der Waals surface area contributed by atoms with Crippen LogP contribution in [0.4, 0.5) is 5.69 Å². The maximum absolute atomic E-state index is 12.1. The number of nitrogens with one attached hydrogen (secondary N) is 1. The van der Waals surface area contributed by atoms with Crippen LogP contribution < -0.4 is 14.8 Å². The van der Waals surface area contributed by atoms with Gasteiger partial charge in [-0.3, -0.25) is 4.79 Å². The van der Waals surface area contributed by atoms with Crippen molar-refractivity contribution in [3.05, 3.63) is 23.7 Å². The number of nitrogens with zero attached hydrogens (tertiary/aromatic N) is 2. The fourth-order valence-electron chi connectivity index (χ4n) is 1.64. The Bertz CT molecular complexity index is 618. The molecule has 104 valence electrons. The summed E-state index contributed by atoms with van der Waals surface area (Å²) in [5.41, 5.74) is 2.33. The summed E-state index contributed by atoms with van der Waals surface area (Å²) in [4.78, 5) is 12.1. The number of hydrogen-bond acceptors (Lipinski definition) is 7. The van der Waals surface area contributed by atoms with Crippen molar-refractivity contribution >= 4 is 34.7 Å². The third kappa shape index (κ3) is 2.86. The number of carbonyl (C=O) groups is 1. The number of anilines is 1. The molecule has 2 heterocycles. The van der Waals surface area contributed by atoms with Crippen LogP contribution in [0.2, 0.25) is 0 Å². The zero-order chi connectivity index (χ0) is 13.9. The highest BCUT2D eigenvalue weighted by Crippen LogP contribution is 2.34. The zero-order valence-electron chi connectivity index (χ0n) is 10.5. The summed E-state index contributed by atoms with van der Waals surface area (Å²) in [5.74, 6) is 1.25. The highest BCUT2D eigenvalue weighted by molar-refractivity contribution is 8.02. The predicted molar refractivity (Wildman–Crippen MR) is 76.4 cm³/mol. The van der Waals surface area contributed by atoms with E-state index in [2.05, 4.69) is 15.5 Å². The standard InChI is InChI=1S/C12H11N3O3S2/c1-7(20-12-15-13-5-19-12)11(16)14-8-2-3-9-10(4-8)18-6-17-9/h2-5,7H,6H2,1H3,(H,14,16)/t7-/m1/s1. The first-order chi connectivity index (χ1) is 9.72. The van der Waals surface area contributed by atoms with E-state index in [4.69, 9.17) is 9.47 Å². The van der Waals surface area contributed by atoms with Crippen molar-refractivity contribution in [2.45, 2.75) is 16.5 Å². The molecule has 0 saturated carbocycles. The molecular formula is C12H11N3O3S2. The van der Waals surface area contributed by atoms with Gasteiger partial charge in [0.1, 0.15) is 5.51 Å². The Kier molecular flexibility index (Phi) is 3.75. The van der Waals surface area contributed by atoms with Crippen LogP contribution in [-0.2, 0) is 4.79 Å². The Morgan fingerprint density at radius 3 is 3.10 bits per heavy atom. The molecule has 20 heavy (non-hydrogen) atoms. The van der Waals surface area contributed by atoms with Crippen LogP contribution in [-0.4, -0.2) is 28.1 Å². The Morgan fingerprint density at radius 1 is 1.45 bits per heavy atom. The minimum absolute atomic E-state index is 0.0935. The topological polar surface area (TPSA) is 73.3 Å². The second kappa shape index (κ2) is 5.68. The SMILES string of the molecule is C[C@@H](Sc1nncs1)C(=O)Nc1ccc2c(c1)OCO2. The van der Waals surface area contributed by atoms with Gasteiger partial charge in [-0.25, -0.2) is 0 Å². The fraction of sp³-hybridized carbons (Fsp3) is 0.250. The number of amides is 1. The molecule has 0 fully saturated rings. The summed E-state index contributed by atoms with van der Waals surface area (Å²) < 4.78 is 11.3. The third-order valence-electron chi connectivity index (χ3n) is 2.63. The lowest BCUT2D eigenvalue weighted by atomic mass is 10.2. The van der Waals surface area contributed by atoms with Gasteiger partial charge in [-0.15, -0.1) is 10.2 Å². The Balaban J connectivity index is 1.63. The fourth-order valence-corrected chi connectivity index (χ4v) is 3.26. The summed E-state index contributed by atoms with van der Waals surface area (Å²) in [6.07, 6.45) is 0. The van der Waals surface area contributed by atoms with Gasteiger partial charge in [-0.1, -0.05) is 23.1 Å². The molecule has 1 aromatic heterocycles. The van der Waals surface area contributed by atoms with Gasteiger partial charge < -0.3 is 14.8 Å². The number of rotatable bonds is 4. The first kappa shape index (κ1) is 13.2. The van der Waals surface area contributed by atoms with Crippen LogP contribution in [0.25, 0.3) is 0 Å². The molecule has 0 spiro atoms. The molecule has 1 N–H and O–H groups in total. The molecule has 0 radical (unpaired) electrons. The van der Waals surface area contributed by atoms with Gasteiger partial charge in [0, 0.05) is 11.8 Å². The maximum atomic E-state index is 12.1. The zero-order valence-corrected chi connectivity index (χ0v) is 12.2.